The highest BCUT2D eigenvalue weighted by Crippen LogP contribution is 2.29. The molecule has 0 radical (unpaired) electrons. The third kappa shape index (κ3) is 6.08. The van der Waals surface area contributed by atoms with E-state index in [0.717, 1.165) is 34.7 Å². The number of rotatable bonds is 7. The van der Waals surface area contributed by atoms with Gasteiger partial charge in [-0.05, 0) is 77.8 Å². The molecular formula is C30H33ClN2O3. The van der Waals surface area contributed by atoms with Gasteiger partial charge in [0.15, 0.2) is 0 Å². The van der Waals surface area contributed by atoms with Crippen LogP contribution in [0, 0.1) is 5.92 Å². The molecule has 3 aromatic rings. The highest BCUT2D eigenvalue weighted by molar-refractivity contribution is 6.30. The maximum Gasteiger partial charge on any atom is 0.251 e. The summed E-state index contributed by atoms with van der Waals surface area (Å²) in [4.78, 5) is 28.5. The Bertz CT molecular complexity index is 1180. The Hall–Kier alpha value is -3.31. The molecule has 1 saturated heterocycles. The van der Waals surface area contributed by atoms with Gasteiger partial charge in [0.1, 0.15) is 11.8 Å². The number of likely N-dealkylation sites (tertiary alicyclic amines) is 1. The summed E-state index contributed by atoms with van der Waals surface area (Å²) in [7, 11) is 1.63. The van der Waals surface area contributed by atoms with Gasteiger partial charge in [-0.3, -0.25) is 9.59 Å². The van der Waals surface area contributed by atoms with Crippen LogP contribution in [0.1, 0.15) is 48.5 Å². The molecule has 6 heteroatoms. The molecule has 0 aromatic heterocycles. The Kier molecular flexibility index (Phi) is 8.32. The first-order chi connectivity index (χ1) is 17.4. The molecule has 0 unspecified atom stereocenters. The molecule has 1 N–H and O–H groups in total. The molecule has 1 fully saturated rings. The second kappa shape index (κ2) is 11.6. The number of carbonyl (C=O) groups excluding carboxylic acids is 2. The van der Waals surface area contributed by atoms with Crippen molar-refractivity contribution in [2.24, 2.45) is 5.92 Å². The zero-order chi connectivity index (χ0) is 25.7. The zero-order valence-electron chi connectivity index (χ0n) is 21.0. The first kappa shape index (κ1) is 25.8. The summed E-state index contributed by atoms with van der Waals surface area (Å²) in [6.45, 7) is 5.30. The van der Waals surface area contributed by atoms with E-state index < -0.39 is 6.04 Å². The quantitative estimate of drug-likeness (QED) is 0.418. The summed E-state index contributed by atoms with van der Waals surface area (Å²) in [5.41, 5.74) is 3.72. The van der Waals surface area contributed by atoms with Gasteiger partial charge in [-0.15, -0.1) is 0 Å². The number of hydrogen-bond donors (Lipinski definition) is 1. The lowest BCUT2D eigenvalue weighted by molar-refractivity contribution is -0.135. The van der Waals surface area contributed by atoms with Crippen LogP contribution in [0.25, 0.3) is 11.1 Å². The summed E-state index contributed by atoms with van der Waals surface area (Å²) in [5, 5.41) is 3.74. The minimum atomic E-state index is -0.575. The number of hydrogen-bond acceptors (Lipinski definition) is 3. The molecule has 1 aliphatic heterocycles. The van der Waals surface area contributed by atoms with E-state index in [1.165, 1.54) is 5.56 Å². The SMILES string of the molecule is COc1ccc(-c2cccc(C(=O)N[C@@H](C(=O)N3CCC(c4ccc(Cl)cc4)CC3)C(C)C)c2)cc1. The average Bonchev–Trinajstić information content (AvgIpc) is 2.91. The van der Waals surface area contributed by atoms with Crippen LogP contribution in [0.3, 0.4) is 0 Å². The van der Waals surface area contributed by atoms with Gasteiger partial charge >= 0.3 is 0 Å². The summed E-state index contributed by atoms with van der Waals surface area (Å²) < 4.78 is 5.23. The maximum atomic E-state index is 13.4. The average molecular weight is 505 g/mol. The highest BCUT2D eigenvalue weighted by Gasteiger charge is 2.31. The fourth-order valence-corrected chi connectivity index (χ4v) is 4.85. The number of methoxy groups -OCH3 is 1. The van der Waals surface area contributed by atoms with Crippen molar-refractivity contribution in [2.45, 2.75) is 38.6 Å². The van der Waals surface area contributed by atoms with Crippen LogP contribution in [0.5, 0.6) is 5.75 Å². The molecule has 4 rings (SSSR count). The smallest absolute Gasteiger partial charge is 0.251 e. The molecule has 2 amide bonds. The molecule has 1 heterocycles. The van der Waals surface area contributed by atoms with Crippen LogP contribution in [-0.4, -0.2) is 43.0 Å². The predicted molar refractivity (Wildman–Crippen MR) is 145 cm³/mol. The van der Waals surface area contributed by atoms with Crippen molar-refractivity contribution in [3.8, 4) is 16.9 Å². The summed E-state index contributed by atoms with van der Waals surface area (Å²) in [5.74, 6) is 0.912. The van der Waals surface area contributed by atoms with Gasteiger partial charge in [0.2, 0.25) is 5.91 Å². The standard InChI is InChI=1S/C30H33ClN2O3/c1-20(2)28(30(35)33-17-15-23(16-18-33)21-7-11-26(31)12-8-21)32-29(34)25-6-4-5-24(19-25)22-9-13-27(36-3)14-10-22/h4-14,19-20,23,28H,15-18H2,1-3H3,(H,32,34)/t28-/m1/s1. The number of benzene rings is 3. The number of halogens is 1. The van der Waals surface area contributed by atoms with Crippen LogP contribution >= 0.6 is 11.6 Å². The van der Waals surface area contributed by atoms with Crippen molar-refractivity contribution in [3.05, 3.63) is 88.9 Å². The predicted octanol–water partition coefficient (Wildman–Crippen LogP) is 6.18. The van der Waals surface area contributed by atoms with Crippen LogP contribution in [0.15, 0.2) is 72.8 Å². The molecule has 5 nitrogen and oxygen atoms in total. The third-order valence-corrected chi connectivity index (χ3v) is 7.17. The Morgan fingerprint density at radius 3 is 2.22 bits per heavy atom. The van der Waals surface area contributed by atoms with Crippen LogP contribution in [-0.2, 0) is 4.79 Å². The van der Waals surface area contributed by atoms with Gasteiger partial charge in [-0.1, -0.05) is 61.8 Å². The lowest BCUT2D eigenvalue weighted by atomic mass is 9.89. The van der Waals surface area contributed by atoms with Crippen molar-refractivity contribution in [2.75, 3.05) is 20.2 Å². The maximum absolute atomic E-state index is 13.4. The second-order valence-corrected chi connectivity index (χ2v) is 10.1. The van der Waals surface area contributed by atoms with Crippen LogP contribution in [0.2, 0.25) is 5.02 Å². The van der Waals surface area contributed by atoms with E-state index in [0.29, 0.717) is 24.6 Å². The van der Waals surface area contributed by atoms with Gasteiger partial charge < -0.3 is 15.0 Å². The van der Waals surface area contributed by atoms with Crippen molar-refractivity contribution < 1.29 is 14.3 Å². The van der Waals surface area contributed by atoms with E-state index in [9.17, 15) is 9.59 Å². The number of nitrogens with zero attached hydrogens (tertiary/aromatic N) is 1. The Balaban J connectivity index is 1.41. The lowest BCUT2D eigenvalue weighted by Crippen LogP contribution is -2.52. The van der Waals surface area contributed by atoms with Gasteiger partial charge in [-0.25, -0.2) is 0 Å². The molecular weight excluding hydrogens is 472 g/mol. The molecule has 1 aliphatic rings. The van der Waals surface area contributed by atoms with E-state index in [2.05, 4.69) is 17.4 Å². The van der Waals surface area contributed by atoms with Gasteiger partial charge in [0.05, 0.1) is 7.11 Å². The number of carbonyl (C=O) groups is 2. The van der Waals surface area contributed by atoms with Crippen molar-refractivity contribution in [1.82, 2.24) is 10.2 Å². The minimum Gasteiger partial charge on any atom is -0.497 e. The van der Waals surface area contributed by atoms with E-state index in [1.54, 1.807) is 13.2 Å². The van der Waals surface area contributed by atoms with Crippen molar-refractivity contribution >= 4 is 23.4 Å². The van der Waals surface area contributed by atoms with Crippen molar-refractivity contribution in [1.29, 1.82) is 0 Å². The molecule has 0 bridgehead atoms. The van der Waals surface area contributed by atoms with Gasteiger partial charge in [-0.2, -0.15) is 0 Å². The van der Waals surface area contributed by atoms with Crippen LogP contribution in [0.4, 0.5) is 0 Å². The summed E-state index contributed by atoms with van der Waals surface area (Å²) in [6.07, 6.45) is 1.80. The molecule has 3 aromatic carbocycles. The number of nitrogens with one attached hydrogen (secondary N) is 1. The van der Waals surface area contributed by atoms with Crippen molar-refractivity contribution in [3.63, 3.8) is 0 Å². The Morgan fingerprint density at radius 1 is 0.944 bits per heavy atom. The monoisotopic (exact) mass is 504 g/mol. The Labute approximate surface area is 218 Å². The molecule has 1 atom stereocenters. The van der Waals surface area contributed by atoms with Gasteiger partial charge in [0, 0.05) is 23.7 Å². The topological polar surface area (TPSA) is 58.6 Å². The van der Waals surface area contributed by atoms with Gasteiger partial charge in [0.25, 0.3) is 5.91 Å². The molecule has 0 spiro atoms. The molecule has 188 valence electrons. The first-order valence-electron chi connectivity index (χ1n) is 12.5. The fraction of sp³-hybridized carbons (Fsp3) is 0.333. The first-order valence-corrected chi connectivity index (χ1v) is 12.8. The summed E-state index contributed by atoms with van der Waals surface area (Å²) in [6, 6.07) is 22.6. The van der Waals surface area contributed by atoms with E-state index in [-0.39, 0.29) is 17.7 Å². The molecule has 0 aliphatic carbocycles. The zero-order valence-corrected chi connectivity index (χ0v) is 21.8. The lowest BCUT2D eigenvalue weighted by Gasteiger charge is -2.35. The van der Waals surface area contributed by atoms with Crippen LogP contribution < -0.4 is 10.1 Å². The molecule has 36 heavy (non-hydrogen) atoms. The minimum absolute atomic E-state index is 0.0146. The van der Waals surface area contributed by atoms with E-state index in [4.69, 9.17) is 16.3 Å². The normalized spacial score (nSPS) is 15.0. The second-order valence-electron chi connectivity index (χ2n) is 9.66. The van der Waals surface area contributed by atoms with E-state index in [1.807, 2.05) is 73.3 Å². The third-order valence-electron chi connectivity index (χ3n) is 6.92. The van der Waals surface area contributed by atoms with E-state index >= 15 is 0 Å². The highest BCUT2D eigenvalue weighted by atomic mass is 35.5. The number of piperidine rings is 1. The fourth-order valence-electron chi connectivity index (χ4n) is 4.73. The number of ether oxygens (including phenoxy) is 1. The molecule has 0 saturated carbocycles. The Morgan fingerprint density at radius 2 is 1.61 bits per heavy atom. The number of amides is 2. The largest absolute Gasteiger partial charge is 0.497 e. The summed E-state index contributed by atoms with van der Waals surface area (Å²) >= 11 is 6.02.